The summed E-state index contributed by atoms with van der Waals surface area (Å²) in [4.78, 5) is 37.2. The van der Waals surface area contributed by atoms with Gasteiger partial charge in [0.1, 0.15) is 17.5 Å². The summed E-state index contributed by atoms with van der Waals surface area (Å²) in [5.41, 5.74) is -2.05. The van der Waals surface area contributed by atoms with Gasteiger partial charge in [-0.05, 0) is 75.0 Å². The highest BCUT2D eigenvalue weighted by atomic mass is 16.5. The molecule has 8 atom stereocenters. The van der Waals surface area contributed by atoms with E-state index in [0.29, 0.717) is 18.8 Å². The lowest BCUT2D eigenvalue weighted by molar-refractivity contribution is -0.181. The van der Waals surface area contributed by atoms with E-state index in [1.54, 1.807) is 0 Å². The number of hydrogen-bond acceptors (Lipinski definition) is 5. The van der Waals surface area contributed by atoms with Gasteiger partial charge in [0.2, 0.25) is 0 Å². The zero-order valence-corrected chi connectivity index (χ0v) is 17.6. The highest BCUT2D eigenvalue weighted by Gasteiger charge is 2.68. The van der Waals surface area contributed by atoms with Crippen LogP contribution in [0.15, 0.2) is 0 Å². The second-order valence-corrected chi connectivity index (χ2v) is 10.5. The van der Waals surface area contributed by atoms with Crippen molar-refractivity contribution in [3.8, 4) is 0 Å². The quantitative estimate of drug-likeness (QED) is 0.730. The SMILES string of the molecule is CC(=O)O[C@@H]1CC[C@]2(C)[C@H](CC[C@@H]3[C@@H]2C(=O)C[C@]2(C)[C@H]3CC[C@]2(O)C(C)=O)C1. The molecule has 28 heavy (non-hydrogen) atoms. The molecular formula is C23H34O5. The van der Waals surface area contributed by atoms with Gasteiger partial charge in [-0.3, -0.25) is 14.4 Å². The zero-order chi connectivity index (χ0) is 20.5. The monoisotopic (exact) mass is 390 g/mol. The first kappa shape index (κ1) is 20.1. The summed E-state index contributed by atoms with van der Waals surface area (Å²) in [5, 5.41) is 11.2. The third-order valence-corrected chi connectivity index (χ3v) is 9.37. The predicted octanol–water partition coefficient (Wildman–Crippen LogP) is 3.46. The molecule has 4 aliphatic rings. The van der Waals surface area contributed by atoms with E-state index in [9.17, 15) is 19.5 Å². The van der Waals surface area contributed by atoms with Crippen molar-refractivity contribution < 1.29 is 24.2 Å². The minimum absolute atomic E-state index is 0.0110. The Bertz CT molecular complexity index is 716. The van der Waals surface area contributed by atoms with Crippen LogP contribution >= 0.6 is 0 Å². The van der Waals surface area contributed by atoms with E-state index in [1.165, 1.54) is 13.8 Å². The number of carbonyl (C=O) groups excluding carboxylic acids is 3. The van der Waals surface area contributed by atoms with Crippen LogP contribution in [0.5, 0.6) is 0 Å². The van der Waals surface area contributed by atoms with Gasteiger partial charge in [0.25, 0.3) is 0 Å². The van der Waals surface area contributed by atoms with Crippen LogP contribution in [-0.2, 0) is 19.1 Å². The van der Waals surface area contributed by atoms with Crippen LogP contribution in [0.4, 0.5) is 0 Å². The first-order valence-electron chi connectivity index (χ1n) is 11.0. The van der Waals surface area contributed by atoms with Crippen LogP contribution in [0.3, 0.4) is 0 Å². The molecule has 0 spiro atoms. The van der Waals surface area contributed by atoms with Gasteiger partial charge >= 0.3 is 5.97 Å². The zero-order valence-electron chi connectivity index (χ0n) is 17.6. The number of ketones is 2. The summed E-state index contributed by atoms with van der Waals surface area (Å²) in [7, 11) is 0. The van der Waals surface area contributed by atoms with Crippen LogP contribution in [0.25, 0.3) is 0 Å². The molecule has 4 aliphatic carbocycles. The van der Waals surface area contributed by atoms with E-state index in [4.69, 9.17) is 4.74 Å². The fourth-order valence-electron chi connectivity index (χ4n) is 7.96. The number of fused-ring (bicyclic) bond motifs is 5. The van der Waals surface area contributed by atoms with Crippen LogP contribution in [0, 0.1) is 34.5 Å². The normalized spacial score (nSPS) is 50.3. The van der Waals surface area contributed by atoms with Gasteiger partial charge in [0, 0.05) is 24.7 Å². The molecule has 0 heterocycles. The van der Waals surface area contributed by atoms with Crippen LogP contribution in [-0.4, -0.2) is 34.3 Å². The Morgan fingerprint density at radius 3 is 2.43 bits per heavy atom. The Balaban J connectivity index is 1.63. The van der Waals surface area contributed by atoms with E-state index in [-0.39, 0.29) is 46.8 Å². The molecule has 0 amide bonds. The minimum Gasteiger partial charge on any atom is -0.463 e. The van der Waals surface area contributed by atoms with Gasteiger partial charge < -0.3 is 9.84 Å². The molecule has 0 aromatic carbocycles. The molecule has 5 heteroatoms. The van der Waals surface area contributed by atoms with Gasteiger partial charge in [0.05, 0.1) is 0 Å². The van der Waals surface area contributed by atoms with Gasteiger partial charge in [0.15, 0.2) is 5.78 Å². The van der Waals surface area contributed by atoms with Crippen molar-refractivity contribution in [1.29, 1.82) is 0 Å². The number of aliphatic hydroxyl groups is 1. The van der Waals surface area contributed by atoms with Gasteiger partial charge in [-0.2, -0.15) is 0 Å². The standard InChI is InChI=1S/C23H34O5/c1-13(24)23(27)10-8-18-17-6-5-15-11-16(28-14(2)25)7-9-21(15,3)20(17)19(26)12-22(18,23)4/h15-18,20,27H,5-12H2,1-4H3/t15-,16-,17+,18+,20-,21-,22-,23+/m1/s1. The Labute approximate surface area is 167 Å². The average molecular weight is 391 g/mol. The van der Waals surface area contributed by atoms with E-state index < -0.39 is 11.0 Å². The number of Topliss-reactive ketones (excluding diaryl/α,β-unsaturated/α-hetero) is 2. The fraction of sp³-hybridized carbons (Fsp3) is 0.870. The molecule has 5 nitrogen and oxygen atoms in total. The van der Waals surface area contributed by atoms with Crippen molar-refractivity contribution in [3.05, 3.63) is 0 Å². The minimum atomic E-state index is -1.36. The van der Waals surface area contributed by atoms with Gasteiger partial charge in [-0.25, -0.2) is 0 Å². The summed E-state index contributed by atoms with van der Waals surface area (Å²) in [6.07, 6.45) is 6.19. The lowest BCUT2D eigenvalue weighted by atomic mass is 9.44. The average Bonchev–Trinajstić information content (AvgIpc) is 2.86. The summed E-state index contributed by atoms with van der Waals surface area (Å²) >= 11 is 0. The highest BCUT2D eigenvalue weighted by molar-refractivity contribution is 5.90. The van der Waals surface area contributed by atoms with Crippen molar-refractivity contribution >= 4 is 17.5 Å². The lowest BCUT2D eigenvalue weighted by Crippen LogP contribution is -2.61. The van der Waals surface area contributed by atoms with Crippen molar-refractivity contribution in [3.63, 3.8) is 0 Å². The Hall–Kier alpha value is -1.23. The largest absolute Gasteiger partial charge is 0.463 e. The van der Waals surface area contributed by atoms with Crippen molar-refractivity contribution in [1.82, 2.24) is 0 Å². The van der Waals surface area contributed by atoms with Crippen LogP contribution in [0.1, 0.15) is 79.1 Å². The van der Waals surface area contributed by atoms with E-state index >= 15 is 0 Å². The second-order valence-electron chi connectivity index (χ2n) is 10.5. The van der Waals surface area contributed by atoms with Crippen molar-refractivity contribution in [2.75, 3.05) is 0 Å². The summed E-state index contributed by atoms with van der Waals surface area (Å²) in [5.74, 6) is 0.722. The van der Waals surface area contributed by atoms with Gasteiger partial charge in [-0.1, -0.05) is 13.8 Å². The molecule has 0 aromatic heterocycles. The number of rotatable bonds is 2. The molecule has 4 fully saturated rings. The second kappa shape index (κ2) is 6.38. The molecule has 4 rings (SSSR count). The maximum atomic E-state index is 13.5. The predicted molar refractivity (Wildman–Crippen MR) is 103 cm³/mol. The first-order valence-corrected chi connectivity index (χ1v) is 11.0. The lowest BCUT2D eigenvalue weighted by Gasteiger charge is -2.60. The third-order valence-electron chi connectivity index (χ3n) is 9.37. The molecular weight excluding hydrogens is 356 g/mol. The summed E-state index contributed by atoms with van der Waals surface area (Å²) in [6, 6.07) is 0. The topological polar surface area (TPSA) is 80.7 Å². The fourth-order valence-corrected chi connectivity index (χ4v) is 7.96. The highest BCUT2D eigenvalue weighted by Crippen LogP contribution is 2.67. The summed E-state index contributed by atoms with van der Waals surface area (Å²) < 4.78 is 5.49. The number of hydrogen-bond donors (Lipinski definition) is 1. The molecule has 1 N–H and O–H groups in total. The molecule has 0 bridgehead atoms. The maximum Gasteiger partial charge on any atom is 0.302 e. The third kappa shape index (κ3) is 2.57. The first-order chi connectivity index (χ1) is 13.0. The van der Waals surface area contributed by atoms with Crippen LogP contribution < -0.4 is 0 Å². The Morgan fingerprint density at radius 2 is 1.79 bits per heavy atom. The maximum absolute atomic E-state index is 13.5. The number of carbonyl (C=O) groups is 3. The molecule has 0 aromatic rings. The van der Waals surface area contributed by atoms with Crippen LogP contribution in [0.2, 0.25) is 0 Å². The molecule has 0 aliphatic heterocycles. The number of ether oxygens (including phenoxy) is 1. The number of esters is 1. The van der Waals surface area contributed by atoms with E-state index in [0.717, 1.165) is 38.5 Å². The van der Waals surface area contributed by atoms with Crippen molar-refractivity contribution in [2.24, 2.45) is 34.5 Å². The smallest absolute Gasteiger partial charge is 0.302 e. The molecule has 4 saturated carbocycles. The summed E-state index contributed by atoms with van der Waals surface area (Å²) in [6.45, 7) is 7.18. The van der Waals surface area contributed by atoms with Gasteiger partial charge in [-0.15, -0.1) is 0 Å². The Morgan fingerprint density at radius 1 is 1.07 bits per heavy atom. The molecule has 0 radical (unpaired) electrons. The van der Waals surface area contributed by atoms with E-state index in [1.807, 2.05) is 6.92 Å². The molecule has 0 saturated heterocycles. The molecule has 0 unspecified atom stereocenters. The van der Waals surface area contributed by atoms with E-state index in [2.05, 4.69) is 6.92 Å². The van der Waals surface area contributed by atoms with Crippen molar-refractivity contribution in [2.45, 2.75) is 90.8 Å². The Kier molecular flexibility index (Phi) is 4.57. The molecule has 156 valence electrons.